The van der Waals surface area contributed by atoms with Crippen molar-refractivity contribution in [3.8, 4) is 0 Å². The van der Waals surface area contributed by atoms with E-state index >= 15 is 0 Å². The fourth-order valence-corrected chi connectivity index (χ4v) is 3.42. The van der Waals surface area contributed by atoms with Crippen molar-refractivity contribution in [2.24, 2.45) is 5.73 Å². The van der Waals surface area contributed by atoms with E-state index in [0.29, 0.717) is 23.5 Å². The Morgan fingerprint density at radius 3 is 2.72 bits per heavy atom. The summed E-state index contributed by atoms with van der Waals surface area (Å²) < 4.78 is 38.7. The Balaban J connectivity index is 1.76. The molecular weight excluding hydrogens is 381 g/mol. The van der Waals surface area contributed by atoms with Crippen molar-refractivity contribution in [3.63, 3.8) is 0 Å². The number of anilines is 1. The summed E-state index contributed by atoms with van der Waals surface area (Å²) in [5.74, 6) is 0.427. The zero-order chi connectivity index (χ0) is 21.0. The number of halogens is 3. The van der Waals surface area contributed by atoms with Gasteiger partial charge in [-0.05, 0) is 55.0 Å². The van der Waals surface area contributed by atoms with Crippen LogP contribution in [0.4, 0.5) is 19.0 Å². The largest absolute Gasteiger partial charge is 0.416 e. The van der Waals surface area contributed by atoms with Crippen LogP contribution in [0, 0.1) is 0 Å². The summed E-state index contributed by atoms with van der Waals surface area (Å²) in [6, 6.07) is 8.65. The Hall–Kier alpha value is -3.03. The minimum Gasteiger partial charge on any atom is -0.399 e. The molecule has 3 rings (SSSR count). The Morgan fingerprint density at radius 2 is 2.00 bits per heavy atom. The van der Waals surface area contributed by atoms with Crippen molar-refractivity contribution in [2.75, 3.05) is 5.32 Å². The number of benzene rings is 1. The van der Waals surface area contributed by atoms with E-state index in [-0.39, 0.29) is 11.9 Å². The van der Waals surface area contributed by atoms with E-state index < -0.39 is 11.7 Å². The van der Waals surface area contributed by atoms with Crippen molar-refractivity contribution in [2.45, 2.75) is 44.8 Å². The van der Waals surface area contributed by atoms with Crippen molar-refractivity contribution in [1.82, 2.24) is 10.3 Å². The molecule has 0 saturated carbocycles. The van der Waals surface area contributed by atoms with Gasteiger partial charge in [0.15, 0.2) is 0 Å². The third-order valence-electron chi connectivity index (χ3n) is 4.79. The van der Waals surface area contributed by atoms with Crippen LogP contribution in [0.1, 0.15) is 42.9 Å². The highest BCUT2D eigenvalue weighted by Crippen LogP contribution is 2.30. The summed E-state index contributed by atoms with van der Waals surface area (Å²) >= 11 is 0. The second-order valence-electron chi connectivity index (χ2n) is 7.13. The van der Waals surface area contributed by atoms with Gasteiger partial charge in [0.2, 0.25) is 5.91 Å². The minimum absolute atomic E-state index is 0.139. The third kappa shape index (κ3) is 5.49. The Labute approximate surface area is 167 Å². The zero-order valence-electron chi connectivity index (χ0n) is 16.0. The van der Waals surface area contributed by atoms with Crippen LogP contribution in [0.15, 0.2) is 54.0 Å². The van der Waals surface area contributed by atoms with Crippen LogP contribution in [0.3, 0.4) is 0 Å². The molecule has 1 aromatic heterocycles. The number of rotatable bonds is 5. The van der Waals surface area contributed by atoms with E-state index in [1.54, 1.807) is 24.4 Å². The molecule has 1 atom stereocenters. The molecule has 29 heavy (non-hydrogen) atoms. The SMILES string of the molecule is CC(=O)NC1CCCC(Nc2cc(Cc3cccc(C(F)(F)F)c3)ccn2)=C1N. The number of hydrogen-bond acceptors (Lipinski definition) is 4. The first kappa shape index (κ1) is 20.7. The number of aromatic nitrogens is 1. The van der Waals surface area contributed by atoms with Crippen molar-refractivity contribution < 1.29 is 18.0 Å². The molecule has 0 fully saturated rings. The molecule has 0 bridgehead atoms. The fourth-order valence-electron chi connectivity index (χ4n) is 3.42. The lowest BCUT2D eigenvalue weighted by Gasteiger charge is -2.27. The van der Waals surface area contributed by atoms with Crippen LogP contribution in [0.25, 0.3) is 0 Å². The maximum atomic E-state index is 12.9. The van der Waals surface area contributed by atoms with Gasteiger partial charge in [-0.15, -0.1) is 0 Å². The number of alkyl halides is 3. The first-order chi connectivity index (χ1) is 13.7. The summed E-state index contributed by atoms with van der Waals surface area (Å²) in [5, 5.41) is 6.04. The highest BCUT2D eigenvalue weighted by Gasteiger charge is 2.30. The molecule has 1 aliphatic carbocycles. The van der Waals surface area contributed by atoms with Gasteiger partial charge in [-0.1, -0.05) is 18.2 Å². The van der Waals surface area contributed by atoms with Gasteiger partial charge in [0.1, 0.15) is 5.82 Å². The molecule has 1 aromatic carbocycles. The van der Waals surface area contributed by atoms with Gasteiger partial charge in [-0.25, -0.2) is 4.98 Å². The van der Waals surface area contributed by atoms with Crippen LogP contribution < -0.4 is 16.4 Å². The zero-order valence-corrected chi connectivity index (χ0v) is 16.0. The summed E-state index contributed by atoms with van der Waals surface area (Å²) in [7, 11) is 0. The summed E-state index contributed by atoms with van der Waals surface area (Å²) in [5.41, 5.74) is 8.33. The van der Waals surface area contributed by atoms with Gasteiger partial charge in [-0.3, -0.25) is 4.79 Å². The van der Waals surface area contributed by atoms with E-state index in [1.807, 2.05) is 0 Å². The number of nitrogens with two attached hydrogens (primary N) is 1. The average Bonchev–Trinajstić information content (AvgIpc) is 2.64. The standard InChI is InChI=1S/C21H23F3N4O/c1-13(29)27-17-6-3-7-18(20(17)25)28-19-12-15(8-9-26-19)10-14-4-2-5-16(11-14)21(22,23)24/h2,4-5,8-9,11-12,17H,3,6-7,10,25H2,1H3,(H,26,28)(H,27,29). The smallest absolute Gasteiger partial charge is 0.399 e. The minimum atomic E-state index is -4.36. The molecule has 0 aliphatic heterocycles. The quantitative estimate of drug-likeness (QED) is 0.705. The van der Waals surface area contributed by atoms with Crippen molar-refractivity contribution >= 4 is 11.7 Å². The number of nitrogens with zero attached hydrogens (tertiary/aromatic N) is 1. The van der Waals surface area contributed by atoms with Crippen LogP contribution in [0.2, 0.25) is 0 Å². The van der Waals surface area contributed by atoms with Crippen LogP contribution in [0.5, 0.6) is 0 Å². The molecule has 2 aromatic rings. The maximum absolute atomic E-state index is 12.9. The second kappa shape index (κ2) is 8.55. The van der Waals surface area contributed by atoms with Crippen LogP contribution >= 0.6 is 0 Å². The molecular formula is C21H23F3N4O. The molecule has 1 unspecified atom stereocenters. The lowest BCUT2D eigenvalue weighted by molar-refractivity contribution is -0.137. The normalized spacial score (nSPS) is 17.2. The first-order valence-electron chi connectivity index (χ1n) is 9.36. The van der Waals surface area contributed by atoms with Crippen LogP contribution in [-0.2, 0) is 17.4 Å². The number of pyridine rings is 1. The summed E-state index contributed by atoms with van der Waals surface area (Å²) in [6.07, 6.45) is -0.0182. The van der Waals surface area contributed by atoms with Gasteiger partial charge < -0.3 is 16.4 Å². The second-order valence-corrected chi connectivity index (χ2v) is 7.13. The summed E-state index contributed by atoms with van der Waals surface area (Å²) in [4.78, 5) is 15.6. The number of hydrogen-bond donors (Lipinski definition) is 3. The number of nitrogens with one attached hydrogen (secondary N) is 2. The number of amides is 1. The van der Waals surface area contributed by atoms with E-state index in [2.05, 4.69) is 15.6 Å². The molecule has 1 amide bonds. The molecule has 8 heteroatoms. The maximum Gasteiger partial charge on any atom is 0.416 e. The number of carbonyl (C=O) groups excluding carboxylic acids is 1. The molecule has 4 N–H and O–H groups in total. The topological polar surface area (TPSA) is 80.0 Å². The van der Waals surface area contributed by atoms with Gasteiger partial charge in [0.25, 0.3) is 0 Å². The van der Waals surface area contributed by atoms with Crippen molar-refractivity contribution in [1.29, 1.82) is 0 Å². The Kier molecular flexibility index (Phi) is 6.10. The number of carbonyl (C=O) groups is 1. The average molecular weight is 404 g/mol. The first-order valence-corrected chi connectivity index (χ1v) is 9.36. The predicted octanol–water partition coefficient (Wildman–Crippen LogP) is 3.96. The van der Waals surface area contributed by atoms with Crippen molar-refractivity contribution in [3.05, 3.63) is 70.7 Å². The lowest BCUT2D eigenvalue weighted by Crippen LogP contribution is -2.40. The molecule has 154 valence electrons. The third-order valence-corrected chi connectivity index (χ3v) is 4.79. The molecule has 5 nitrogen and oxygen atoms in total. The van der Waals surface area contributed by atoms with Gasteiger partial charge >= 0.3 is 6.18 Å². The van der Waals surface area contributed by atoms with Gasteiger partial charge in [0, 0.05) is 18.8 Å². The molecule has 0 radical (unpaired) electrons. The molecule has 0 spiro atoms. The Bertz CT molecular complexity index is 924. The molecule has 1 aliphatic rings. The van der Waals surface area contributed by atoms with Gasteiger partial charge in [0.05, 0.1) is 17.3 Å². The molecule has 0 saturated heterocycles. The van der Waals surface area contributed by atoms with E-state index in [1.165, 1.54) is 13.0 Å². The van der Waals surface area contributed by atoms with Crippen LogP contribution in [-0.4, -0.2) is 16.9 Å². The van der Waals surface area contributed by atoms with E-state index in [0.717, 1.165) is 42.7 Å². The molecule has 1 heterocycles. The van der Waals surface area contributed by atoms with E-state index in [9.17, 15) is 18.0 Å². The number of allylic oxidation sites excluding steroid dienone is 1. The fraction of sp³-hybridized carbons (Fsp3) is 0.333. The van der Waals surface area contributed by atoms with E-state index in [4.69, 9.17) is 5.73 Å². The highest BCUT2D eigenvalue weighted by atomic mass is 19.4. The monoisotopic (exact) mass is 404 g/mol. The van der Waals surface area contributed by atoms with Gasteiger partial charge in [-0.2, -0.15) is 13.2 Å². The highest BCUT2D eigenvalue weighted by molar-refractivity contribution is 5.73. The predicted molar refractivity (Wildman–Crippen MR) is 105 cm³/mol. The lowest BCUT2D eigenvalue weighted by atomic mass is 9.96. The Morgan fingerprint density at radius 1 is 1.24 bits per heavy atom. The summed E-state index contributed by atoms with van der Waals surface area (Å²) in [6.45, 7) is 1.45.